The van der Waals surface area contributed by atoms with E-state index < -0.39 is 0 Å². The van der Waals surface area contributed by atoms with Gasteiger partial charge in [-0.1, -0.05) is 6.92 Å². The van der Waals surface area contributed by atoms with Crippen molar-refractivity contribution >= 4 is 17.5 Å². The molecular formula is C19H30N6O2. The molecule has 0 N–H and O–H groups in total. The van der Waals surface area contributed by atoms with E-state index in [1.807, 2.05) is 25.0 Å². The fraction of sp³-hybridized carbons (Fsp3) is 0.684. The number of rotatable bonds is 5. The van der Waals surface area contributed by atoms with Crippen molar-refractivity contribution in [2.75, 3.05) is 33.7 Å². The number of hydrazone groups is 1. The van der Waals surface area contributed by atoms with E-state index in [0.717, 1.165) is 25.9 Å². The molecule has 2 atom stereocenters. The van der Waals surface area contributed by atoms with Gasteiger partial charge in [-0.25, -0.2) is 5.01 Å². The van der Waals surface area contributed by atoms with Gasteiger partial charge in [0.1, 0.15) is 5.71 Å². The van der Waals surface area contributed by atoms with Crippen molar-refractivity contribution in [3.8, 4) is 0 Å². The number of aryl methyl sites for hydroxylation is 1. The smallest absolute Gasteiger partial charge is 0.269 e. The van der Waals surface area contributed by atoms with Gasteiger partial charge in [0.2, 0.25) is 5.91 Å². The number of carbonyl (C=O) groups excluding carboxylic acids is 2. The molecule has 0 aromatic carbocycles. The predicted octanol–water partition coefficient (Wildman–Crippen LogP) is 1.26. The molecule has 1 saturated heterocycles. The van der Waals surface area contributed by atoms with Crippen molar-refractivity contribution in [1.82, 2.24) is 24.6 Å². The molecule has 3 heterocycles. The van der Waals surface area contributed by atoms with Crippen LogP contribution in [0.25, 0.3) is 0 Å². The minimum atomic E-state index is -0.0760. The Morgan fingerprint density at radius 3 is 2.74 bits per heavy atom. The normalized spacial score (nSPS) is 24.1. The monoisotopic (exact) mass is 374 g/mol. The van der Waals surface area contributed by atoms with Crippen LogP contribution in [-0.2, 0) is 16.6 Å². The van der Waals surface area contributed by atoms with Gasteiger partial charge in [0.15, 0.2) is 0 Å². The van der Waals surface area contributed by atoms with Crippen molar-refractivity contribution in [1.29, 1.82) is 0 Å². The number of hydrogen-bond donors (Lipinski definition) is 0. The molecule has 27 heavy (non-hydrogen) atoms. The summed E-state index contributed by atoms with van der Waals surface area (Å²) in [7, 11) is 5.38. The van der Waals surface area contributed by atoms with Crippen molar-refractivity contribution in [3.05, 3.63) is 18.0 Å². The van der Waals surface area contributed by atoms with Crippen LogP contribution in [0.5, 0.6) is 0 Å². The highest BCUT2D eigenvalue weighted by atomic mass is 16.2. The van der Waals surface area contributed by atoms with Crippen LogP contribution in [0.3, 0.4) is 0 Å². The van der Waals surface area contributed by atoms with Crippen molar-refractivity contribution < 1.29 is 9.59 Å². The Bertz CT molecular complexity index is 728. The fourth-order valence-corrected chi connectivity index (χ4v) is 4.25. The molecular weight excluding hydrogens is 344 g/mol. The topological polar surface area (TPSA) is 74.0 Å². The first-order valence-electron chi connectivity index (χ1n) is 9.72. The average Bonchev–Trinajstić information content (AvgIpc) is 3.09. The Morgan fingerprint density at radius 1 is 1.33 bits per heavy atom. The van der Waals surface area contributed by atoms with Gasteiger partial charge in [-0.3, -0.25) is 19.2 Å². The Hall–Kier alpha value is -2.22. The fourth-order valence-electron chi connectivity index (χ4n) is 4.25. The molecule has 0 aliphatic carbocycles. The van der Waals surface area contributed by atoms with E-state index in [1.54, 1.807) is 11.9 Å². The number of amides is 2. The first-order valence-corrected chi connectivity index (χ1v) is 9.72. The summed E-state index contributed by atoms with van der Waals surface area (Å²) in [6.07, 6.45) is 7.01. The van der Waals surface area contributed by atoms with Crippen molar-refractivity contribution in [2.45, 2.75) is 38.6 Å². The number of piperidine rings is 1. The predicted molar refractivity (Wildman–Crippen MR) is 103 cm³/mol. The lowest BCUT2D eigenvalue weighted by atomic mass is 9.85. The molecule has 148 valence electrons. The van der Waals surface area contributed by atoms with Gasteiger partial charge in [0.05, 0.1) is 6.20 Å². The van der Waals surface area contributed by atoms with Gasteiger partial charge in [-0.05, 0) is 31.8 Å². The van der Waals surface area contributed by atoms with Crippen LogP contribution in [0.4, 0.5) is 0 Å². The molecule has 0 bridgehead atoms. The summed E-state index contributed by atoms with van der Waals surface area (Å²) < 4.78 is 1.84. The highest BCUT2D eigenvalue weighted by Crippen LogP contribution is 2.36. The van der Waals surface area contributed by atoms with Crippen LogP contribution in [-0.4, -0.2) is 75.8 Å². The zero-order chi connectivity index (χ0) is 19.6. The second-order valence-electron chi connectivity index (χ2n) is 7.57. The second-order valence-corrected chi connectivity index (χ2v) is 7.57. The van der Waals surface area contributed by atoms with Crippen LogP contribution in [0, 0.1) is 5.92 Å². The van der Waals surface area contributed by atoms with Crippen LogP contribution in [0.15, 0.2) is 17.5 Å². The van der Waals surface area contributed by atoms with E-state index in [1.165, 1.54) is 10.6 Å². The molecule has 2 aliphatic rings. The summed E-state index contributed by atoms with van der Waals surface area (Å²) in [5.74, 6) is 0.227. The number of nitrogens with zero attached hydrogens (tertiary/aromatic N) is 6. The number of carbonyl (C=O) groups is 2. The van der Waals surface area contributed by atoms with E-state index in [-0.39, 0.29) is 17.9 Å². The van der Waals surface area contributed by atoms with E-state index in [9.17, 15) is 9.59 Å². The highest BCUT2D eigenvalue weighted by molar-refractivity contribution is 6.39. The van der Waals surface area contributed by atoms with Gasteiger partial charge in [0, 0.05) is 58.3 Å². The summed E-state index contributed by atoms with van der Waals surface area (Å²) in [5.41, 5.74) is 1.69. The zero-order valence-corrected chi connectivity index (χ0v) is 16.8. The minimum absolute atomic E-state index is 0.0447. The number of likely N-dealkylation sites (tertiary alicyclic amines) is 1. The van der Waals surface area contributed by atoms with Gasteiger partial charge in [0.25, 0.3) is 5.91 Å². The zero-order valence-electron chi connectivity index (χ0n) is 16.8. The molecule has 1 aromatic rings. The maximum absolute atomic E-state index is 12.8. The third kappa shape index (κ3) is 4.21. The number of hydrogen-bond acceptors (Lipinski definition) is 5. The molecule has 8 heteroatoms. The Balaban J connectivity index is 1.74. The molecule has 3 rings (SSSR count). The van der Waals surface area contributed by atoms with E-state index >= 15 is 0 Å². The van der Waals surface area contributed by atoms with E-state index in [2.05, 4.69) is 28.2 Å². The molecule has 0 saturated carbocycles. The highest BCUT2D eigenvalue weighted by Gasteiger charge is 2.35. The largest absolute Gasteiger partial charge is 0.340 e. The molecule has 0 spiro atoms. The van der Waals surface area contributed by atoms with E-state index in [0.29, 0.717) is 31.0 Å². The van der Waals surface area contributed by atoms with E-state index in [4.69, 9.17) is 0 Å². The maximum atomic E-state index is 12.8. The Kier molecular flexibility index (Phi) is 5.94. The number of aromatic nitrogens is 2. The SMILES string of the molecule is CCN1CCC[C@@H](CN(C)C(=O)C2=NN(C)C(=O)CC2)[C@@H]1c1cnn(C)c1. The quantitative estimate of drug-likeness (QED) is 0.778. The molecule has 2 amide bonds. The van der Waals surface area contributed by atoms with Crippen LogP contribution < -0.4 is 0 Å². The lowest BCUT2D eigenvalue weighted by Gasteiger charge is -2.42. The summed E-state index contributed by atoms with van der Waals surface area (Å²) in [5, 5.41) is 9.81. The summed E-state index contributed by atoms with van der Waals surface area (Å²) >= 11 is 0. The first-order chi connectivity index (χ1) is 12.9. The molecule has 1 aromatic heterocycles. The standard InChI is InChI=1S/C19H30N6O2/c1-5-25-10-6-7-14(18(25)15-11-20-23(3)13-15)12-22(2)19(27)16-8-9-17(26)24(4)21-16/h11,13-14,18H,5-10,12H2,1-4H3/t14-,18+/m0/s1. The van der Waals surface area contributed by atoms with Gasteiger partial charge in [-0.2, -0.15) is 10.2 Å². The first kappa shape index (κ1) is 19.5. The third-order valence-electron chi connectivity index (χ3n) is 5.64. The van der Waals surface area contributed by atoms with Crippen LogP contribution in [0.1, 0.15) is 44.2 Å². The maximum Gasteiger partial charge on any atom is 0.269 e. The average molecular weight is 374 g/mol. The summed E-state index contributed by atoms with van der Waals surface area (Å²) in [6, 6.07) is 0.269. The second kappa shape index (κ2) is 8.21. The van der Waals surface area contributed by atoms with Gasteiger partial charge in [-0.15, -0.1) is 0 Å². The van der Waals surface area contributed by atoms with Gasteiger partial charge < -0.3 is 4.90 Å². The van der Waals surface area contributed by atoms with Gasteiger partial charge >= 0.3 is 0 Å². The minimum Gasteiger partial charge on any atom is -0.340 e. The van der Waals surface area contributed by atoms with Crippen molar-refractivity contribution in [2.24, 2.45) is 18.1 Å². The summed E-state index contributed by atoms with van der Waals surface area (Å²) in [6.45, 7) is 4.91. The van der Waals surface area contributed by atoms with Crippen molar-refractivity contribution in [3.63, 3.8) is 0 Å². The Labute approximate surface area is 160 Å². The van der Waals surface area contributed by atoms with Crippen LogP contribution in [0.2, 0.25) is 0 Å². The molecule has 0 unspecified atom stereocenters. The summed E-state index contributed by atoms with van der Waals surface area (Å²) in [4.78, 5) is 28.7. The molecule has 0 radical (unpaired) electrons. The molecule has 8 nitrogen and oxygen atoms in total. The lowest BCUT2D eigenvalue weighted by Crippen LogP contribution is -2.46. The molecule has 1 fully saturated rings. The molecule has 2 aliphatic heterocycles. The third-order valence-corrected chi connectivity index (χ3v) is 5.64. The van der Waals surface area contributed by atoms with Crippen LogP contribution >= 0.6 is 0 Å². The Morgan fingerprint density at radius 2 is 2.11 bits per heavy atom. The lowest BCUT2D eigenvalue weighted by molar-refractivity contribution is -0.130.